The fourth-order valence-corrected chi connectivity index (χ4v) is 2.32. The van der Waals surface area contributed by atoms with Gasteiger partial charge in [-0.05, 0) is 62.1 Å². The molecule has 0 amide bonds. The van der Waals surface area contributed by atoms with Crippen LogP contribution in [-0.2, 0) is 11.2 Å². The highest BCUT2D eigenvalue weighted by molar-refractivity contribution is 5.91. The maximum absolute atomic E-state index is 12.0. The smallest absolute Gasteiger partial charge is 0.338 e. The number of rotatable bonds is 6. The van der Waals surface area contributed by atoms with Crippen molar-refractivity contribution in [2.24, 2.45) is 5.73 Å². The molecule has 22 heavy (non-hydrogen) atoms. The summed E-state index contributed by atoms with van der Waals surface area (Å²) < 4.78 is 5.25. The molecule has 0 saturated carbocycles. The summed E-state index contributed by atoms with van der Waals surface area (Å²) in [5, 5.41) is 0. The van der Waals surface area contributed by atoms with Gasteiger partial charge in [0, 0.05) is 0 Å². The lowest BCUT2D eigenvalue weighted by atomic mass is 9.99. The summed E-state index contributed by atoms with van der Waals surface area (Å²) >= 11 is 0. The third-order valence-corrected chi connectivity index (χ3v) is 3.37. The fourth-order valence-electron chi connectivity index (χ4n) is 2.32. The molecule has 3 heteroatoms. The van der Waals surface area contributed by atoms with Crippen molar-refractivity contribution in [2.45, 2.75) is 32.8 Å². The molecule has 2 aromatic rings. The number of carbonyl (C=O) groups excluding carboxylic acids is 1. The van der Waals surface area contributed by atoms with Gasteiger partial charge < -0.3 is 10.5 Å². The average Bonchev–Trinajstić information content (AvgIpc) is 2.52. The van der Waals surface area contributed by atoms with Crippen LogP contribution in [0.5, 0.6) is 0 Å². The van der Waals surface area contributed by atoms with Gasteiger partial charge in [-0.3, -0.25) is 0 Å². The molecule has 0 atom stereocenters. The fraction of sp³-hybridized carbons (Fsp3) is 0.316. The SMILES string of the molecule is CC(C)OC(=O)c1cccc(-c2cccc(CCCN)c2)c1. The van der Waals surface area contributed by atoms with Gasteiger partial charge in [-0.15, -0.1) is 0 Å². The lowest BCUT2D eigenvalue weighted by molar-refractivity contribution is 0.0378. The minimum Gasteiger partial charge on any atom is -0.459 e. The van der Waals surface area contributed by atoms with Crippen LogP contribution in [0.3, 0.4) is 0 Å². The molecule has 0 fully saturated rings. The van der Waals surface area contributed by atoms with Gasteiger partial charge in [-0.1, -0.05) is 36.4 Å². The van der Waals surface area contributed by atoms with Crippen LogP contribution < -0.4 is 5.73 Å². The van der Waals surface area contributed by atoms with E-state index in [-0.39, 0.29) is 12.1 Å². The topological polar surface area (TPSA) is 52.3 Å². The molecule has 3 nitrogen and oxygen atoms in total. The van der Waals surface area contributed by atoms with E-state index in [2.05, 4.69) is 18.2 Å². The van der Waals surface area contributed by atoms with Gasteiger partial charge in [0.1, 0.15) is 0 Å². The van der Waals surface area contributed by atoms with E-state index in [0.29, 0.717) is 12.1 Å². The van der Waals surface area contributed by atoms with Crippen molar-refractivity contribution >= 4 is 5.97 Å². The van der Waals surface area contributed by atoms with E-state index in [4.69, 9.17) is 10.5 Å². The average molecular weight is 297 g/mol. The zero-order chi connectivity index (χ0) is 15.9. The lowest BCUT2D eigenvalue weighted by Gasteiger charge is -2.10. The van der Waals surface area contributed by atoms with Gasteiger partial charge in [0.2, 0.25) is 0 Å². The standard InChI is InChI=1S/C19H23NO2/c1-14(2)22-19(21)18-10-4-9-17(13-18)16-8-3-6-15(12-16)7-5-11-20/h3-4,6,8-10,12-14H,5,7,11,20H2,1-2H3. The maximum Gasteiger partial charge on any atom is 0.338 e. The largest absolute Gasteiger partial charge is 0.459 e. The van der Waals surface area contributed by atoms with E-state index in [9.17, 15) is 4.79 Å². The number of hydrogen-bond donors (Lipinski definition) is 1. The Balaban J connectivity index is 2.24. The van der Waals surface area contributed by atoms with Gasteiger partial charge in [0.15, 0.2) is 0 Å². The van der Waals surface area contributed by atoms with Crippen molar-refractivity contribution in [3.8, 4) is 11.1 Å². The molecular formula is C19H23NO2. The second-order valence-corrected chi connectivity index (χ2v) is 5.63. The Bertz CT molecular complexity index is 635. The molecule has 2 rings (SSSR count). The Hall–Kier alpha value is -2.13. The molecule has 2 N–H and O–H groups in total. The van der Waals surface area contributed by atoms with Gasteiger partial charge in [-0.2, -0.15) is 0 Å². The van der Waals surface area contributed by atoms with Crippen molar-refractivity contribution in [1.29, 1.82) is 0 Å². The predicted molar refractivity (Wildman–Crippen MR) is 89.8 cm³/mol. The molecule has 0 spiro atoms. The number of carbonyl (C=O) groups is 1. The summed E-state index contributed by atoms with van der Waals surface area (Å²) in [6, 6.07) is 15.9. The molecule has 0 aliphatic carbocycles. The third-order valence-electron chi connectivity index (χ3n) is 3.37. The number of hydrogen-bond acceptors (Lipinski definition) is 3. The summed E-state index contributed by atoms with van der Waals surface area (Å²) in [4.78, 5) is 12.0. The quantitative estimate of drug-likeness (QED) is 0.825. The Kier molecular flexibility index (Phi) is 5.73. The summed E-state index contributed by atoms with van der Waals surface area (Å²) in [6.45, 7) is 4.39. The number of ether oxygens (including phenoxy) is 1. The summed E-state index contributed by atoms with van der Waals surface area (Å²) in [5.41, 5.74) is 9.54. The molecule has 0 aliphatic heterocycles. The second kappa shape index (κ2) is 7.76. The van der Waals surface area contributed by atoms with Crippen molar-refractivity contribution in [1.82, 2.24) is 0 Å². The number of nitrogens with two attached hydrogens (primary N) is 1. The highest BCUT2D eigenvalue weighted by Crippen LogP contribution is 2.22. The first-order valence-corrected chi connectivity index (χ1v) is 7.70. The molecule has 0 radical (unpaired) electrons. The zero-order valence-corrected chi connectivity index (χ0v) is 13.2. The van der Waals surface area contributed by atoms with E-state index in [1.807, 2.05) is 38.1 Å². The molecule has 0 aromatic heterocycles. The molecule has 2 aromatic carbocycles. The van der Waals surface area contributed by atoms with Gasteiger partial charge in [0.05, 0.1) is 11.7 Å². The Labute approximate surface area is 132 Å². The Morgan fingerprint density at radius 3 is 2.45 bits per heavy atom. The minimum absolute atomic E-state index is 0.115. The van der Waals surface area contributed by atoms with E-state index >= 15 is 0 Å². The highest BCUT2D eigenvalue weighted by atomic mass is 16.5. The van der Waals surface area contributed by atoms with E-state index in [0.717, 1.165) is 24.0 Å². The third kappa shape index (κ3) is 4.43. The lowest BCUT2D eigenvalue weighted by Crippen LogP contribution is -2.11. The molecule has 0 unspecified atom stereocenters. The van der Waals surface area contributed by atoms with Crippen molar-refractivity contribution < 1.29 is 9.53 Å². The van der Waals surface area contributed by atoms with Crippen LogP contribution >= 0.6 is 0 Å². The van der Waals surface area contributed by atoms with Crippen molar-refractivity contribution in [3.05, 3.63) is 59.7 Å². The van der Waals surface area contributed by atoms with Crippen LogP contribution in [0.1, 0.15) is 36.2 Å². The van der Waals surface area contributed by atoms with Crippen molar-refractivity contribution in [2.75, 3.05) is 6.54 Å². The van der Waals surface area contributed by atoms with E-state index in [1.54, 1.807) is 6.07 Å². The Morgan fingerprint density at radius 2 is 1.77 bits per heavy atom. The maximum atomic E-state index is 12.0. The number of benzene rings is 2. The van der Waals surface area contributed by atoms with Crippen LogP contribution in [0.15, 0.2) is 48.5 Å². The van der Waals surface area contributed by atoms with Gasteiger partial charge in [-0.25, -0.2) is 4.79 Å². The minimum atomic E-state index is -0.281. The molecule has 0 bridgehead atoms. The number of esters is 1. The Morgan fingerprint density at radius 1 is 1.09 bits per heavy atom. The van der Waals surface area contributed by atoms with Crippen LogP contribution in [0.2, 0.25) is 0 Å². The molecule has 0 heterocycles. The van der Waals surface area contributed by atoms with Gasteiger partial charge >= 0.3 is 5.97 Å². The zero-order valence-electron chi connectivity index (χ0n) is 13.2. The van der Waals surface area contributed by atoms with E-state index in [1.165, 1.54) is 5.56 Å². The van der Waals surface area contributed by atoms with Crippen LogP contribution in [-0.4, -0.2) is 18.6 Å². The highest BCUT2D eigenvalue weighted by Gasteiger charge is 2.10. The monoisotopic (exact) mass is 297 g/mol. The predicted octanol–water partition coefficient (Wildman–Crippen LogP) is 3.81. The summed E-state index contributed by atoms with van der Waals surface area (Å²) in [6.07, 6.45) is 1.83. The normalized spacial score (nSPS) is 10.7. The first kappa shape index (κ1) is 16.2. The molecule has 0 aliphatic rings. The number of aryl methyl sites for hydroxylation is 1. The second-order valence-electron chi connectivity index (χ2n) is 5.63. The van der Waals surface area contributed by atoms with E-state index < -0.39 is 0 Å². The summed E-state index contributed by atoms with van der Waals surface area (Å²) in [7, 11) is 0. The first-order valence-electron chi connectivity index (χ1n) is 7.70. The van der Waals surface area contributed by atoms with Crippen LogP contribution in [0, 0.1) is 0 Å². The molecular weight excluding hydrogens is 274 g/mol. The molecule has 116 valence electrons. The first-order chi connectivity index (χ1) is 10.6. The van der Waals surface area contributed by atoms with Gasteiger partial charge in [0.25, 0.3) is 0 Å². The molecule has 0 saturated heterocycles. The summed E-state index contributed by atoms with van der Waals surface area (Å²) in [5.74, 6) is -0.281. The van der Waals surface area contributed by atoms with Crippen LogP contribution in [0.25, 0.3) is 11.1 Å². The van der Waals surface area contributed by atoms with Crippen molar-refractivity contribution in [3.63, 3.8) is 0 Å². The van der Waals surface area contributed by atoms with Crippen LogP contribution in [0.4, 0.5) is 0 Å².